The average molecular weight is 285 g/mol. The Morgan fingerprint density at radius 3 is 1.80 bits per heavy atom. The SMILES string of the molecule is CNCCC(C)(C)CNCC(C)(C)CC(C)(C)C(C)C. The first-order valence-electron chi connectivity index (χ1n) is 8.27. The number of nitrogens with one attached hydrogen (secondary N) is 2. The summed E-state index contributed by atoms with van der Waals surface area (Å²) in [7, 11) is 2.03. The van der Waals surface area contributed by atoms with E-state index in [2.05, 4.69) is 66.0 Å². The normalized spacial score (nSPS) is 14.1. The highest BCUT2D eigenvalue weighted by molar-refractivity contribution is 4.84. The van der Waals surface area contributed by atoms with Crippen LogP contribution in [0.2, 0.25) is 0 Å². The molecule has 0 unspecified atom stereocenters. The summed E-state index contributed by atoms with van der Waals surface area (Å²) in [4.78, 5) is 0. The molecular weight excluding hydrogens is 244 g/mol. The Bertz CT molecular complexity index is 265. The molecule has 0 saturated heterocycles. The Balaban J connectivity index is 4.23. The van der Waals surface area contributed by atoms with Crippen LogP contribution < -0.4 is 10.6 Å². The van der Waals surface area contributed by atoms with E-state index in [1.54, 1.807) is 0 Å². The first-order chi connectivity index (χ1) is 8.92. The van der Waals surface area contributed by atoms with Crippen molar-refractivity contribution >= 4 is 0 Å². The van der Waals surface area contributed by atoms with E-state index in [0.717, 1.165) is 25.6 Å². The van der Waals surface area contributed by atoms with Crippen LogP contribution in [0.1, 0.15) is 68.2 Å². The van der Waals surface area contributed by atoms with E-state index in [1.165, 1.54) is 12.8 Å². The molecule has 0 aliphatic heterocycles. The first-order valence-corrected chi connectivity index (χ1v) is 8.27. The highest BCUT2D eigenvalue weighted by atomic mass is 14.9. The van der Waals surface area contributed by atoms with Crippen molar-refractivity contribution in [2.24, 2.45) is 22.2 Å². The van der Waals surface area contributed by atoms with E-state index < -0.39 is 0 Å². The predicted octanol–water partition coefficient (Wildman–Crippen LogP) is 4.31. The molecule has 0 saturated carbocycles. The van der Waals surface area contributed by atoms with E-state index in [-0.39, 0.29) is 0 Å². The van der Waals surface area contributed by atoms with Gasteiger partial charge in [-0.05, 0) is 48.6 Å². The fourth-order valence-corrected chi connectivity index (χ4v) is 2.79. The van der Waals surface area contributed by atoms with Crippen LogP contribution in [0.4, 0.5) is 0 Å². The molecule has 20 heavy (non-hydrogen) atoms. The van der Waals surface area contributed by atoms with Crippen molar-refractivity contribution in [3.05, 3.63) is 0 Å². The zero-order chi connectivity index (χ0) is 16.0. The van der Waals surface area contributed by atoms with Crippen LogP contribution >= 0.6 is 0 Å². The van der Waals surface area contributed by atoms with E-state index in [0.29, 0.717) is 16.2 Å². The van der Waals surface area contributed by atoms with Crippen molar-refractivity contribution in [2.75, 3.05) is 26.7 Å². The fourth-order valence-electron chi connectivity index (χ4n) is 2.79. The van der Waals surface area contributed by atoms with Crippen LogP contribution in [0.3, 0.4) is 0 Å². The van der Waals surface area contributed by atoms with Gasteiger partial charge in [-0.15, -0.1) is 0 Å². The molecule has 0 rings (SSSR count). The minimum Gasteiger partial charge on any atom is -0.320 e. The van der Waals surface area contributed by atoms with Gasteiger partial charge in [-0.25, -0.2) is 0 Å². The molecule has 0 atom stereocenters. The molecule has 0 aliphatic carbocycles. The Hall–Kier alpha value is -0.0800. The van der Waals surface area contributed by atoms with Crippen LogP contribution in [0.25, 0.3) is 0 Å². The number of rotatable bonds is 10. The van der Waals surface area contributed by atoms with Gasteiger partial charge in [-0.2, -0.15) is 0 Å². The molecule has 2 nitrogen and oxygen atoms in total. The first kappa shape index (κ1) is 19.9. The quantitative estimate of drug-likeness (QED) is 0.624. The molecule has 0 fully saturated rings. The average Bonchev–Trinajstić information content (AvgIpc) is 2.24. The Morgan fingerprint density at radius 2 is 1.35 bits per heavy atom. The van der Waals surface area contributed by atoms with Crippen LogP contribution in [0, 0.1) is 22.2 Å². The van der Waals surface area contributed by atoms with Crippen molar-refractivity contribution in [3.8, 4) is 0 Å². The molecule has 0 spiro atoms. The Morgan fingerprint density at radius 1 is 0.850 bits per heavy atom. The van der Waals surface area contributed by atoms with Gasteiger partial charge < -0.3 is 10.6 Å². The topological polar surface area (TPSA) is 24.1 Å². The van der Waals surface area contributed by atoms with Crippen molar-refractivity contribution in [3.63, 3.8) is 0 Å². The summed E-state index contributed by atoms with van der Waals surface area (Å²) in [6, 6.07) is 0. The van der Waals surface area contributed by atoms with Gasteiger partial charge in [0.15, 0.2) is 0 Å². The van der Waals surface area contributed by atoms with Gasteiger partial charge in [0, 0.05) is 13.1 Å². The third kappa shape index (κ3) is 8.26. The van der Waals surface area contributed by atoms with E-state index >= 15 is 0 Å². The standard InChI is InChI=1S/C18H40N2/c1-15(2)18(7,8)12-17(5,6)14-20-13-16(3,4)10-11-19-9/h15,19-20H,10-14H2,1-9H3. The lowest BCUT2D eigenvalue weighted by Crippen LogP contribution is -2.39. The summed E-state index contributed by atoms with van der Waals surface area (Å²) in [5.74, 6) is 0.730. The second-order valence-electron chi connectivity index (χ2n) is 9.11. The lowest BCUT2D eigenvalue weighted by molar-refractivity contribution is 0.134. The molecule has 0 aromatic carbocycles. The van der Waals surface area contributed by atoms with Crippen molar-refractivity contribution < 1.29 is 0 Å². The monoisotopic (exact) mass is 284 g/mol. The van der Waals surface area contributed by atoms with Gasteiger partial charge in [-0.3, -0.25) is 0 Å². The third-order valence-electron chi connectivity index (χ3n) is 4.76. The maximum atomic E-state index is 3.71. The van der Waals surface area contributed by atoms with Crippen LogP contribution in [-0.2, 0) is 0 Å². The molecule has 0 radical (unpaired) electrons. The maximum absolute atomic E-state index is 3.71. The molecule has 2 heteroatoms. The summed E-state index contributed by atoms with van der Waals surface area (Å²) in [5.41, 5.74) is 1.13. The molecule has 0 heterocycles. The summed E-state index contributed by atoms with van der Waals surface area (Å²) in [6.45, 7) is 22.3. The highest BCUT2D eigenvalue weighted by Gasteiger charge is 2.31. The Labute approximate surface area is 128 Å². The van der Waals surface area contributed by atoms with Crippen molar-refractivity contribution in [1.29, 1.82) is 0 Å². The molecule has 0 aliphatic rings. The molecule has 0 aromatic heterocycles. The molecule has 0 bridgehead atoms. The number of hydrogen-bond acceptors (Lipinski definition) is 2. The van der Waals surface area contributed by atoms with Crippen LogP contribution in [0.5, 0.6) is 0 Å². The molecule has 0 amide bonds. The van der Waals surface area contributed by atoms with Gasteiger partial charge in [0.1, 0.15) is 0 Å². The zero-order valence-electron chi connectivity index (χ0n) is 15.6. The van der Waals surface area contributed by atoms with Crippen LogP contribution in [0.15, 0.2) is 0 Å². The summed E-state index contributed by atoms with van der Waals surface area (Å²) in [5, 5.41) is 6.95. The predicted molar refractivity (Wildman–Crippen MR) is 92.2 cm³/mol. The van der Waals surface area contributed by atoms with Gasteiger partial charge in [0.25, 0.3) is 0 Å². The molecule has 122 valence electrons. The summed E-state index contributed by atoms with van der Waals surface area (Å²) < 4.78 is 0. The third-order valence-corrected chi connectivity index (χ3v) is 4.76. The summed E-state index contributed by atoms with van der Waals surface area (Å²) >= 11 is 0. The lowest BCUT2D eigenvalue weighted by atomic mass is 9.69. The summed E-state index contributed by atoms with van der Waals surface area (Å²) in [6.07, 6.45) is 2.48. The minimum absolute atomic E-state index is 0.354. The van der Waals surface area contributed by atoms with Gasteiger partial charge >= 0.3 is 0 Å². The van der Waals surface area contributed by atoms with E-state index in [9.17, 15) is 0 Å². The molecular formula is C18H40N2. The van der Waals surface area contributed by atoms with Crippen molar-refractivity contribution in [2.45, 2.75) is 68.2 Å². The highest BCUT2D eigenvalue weighted by Crippen LogP contribution is 2.38. The van der Waals surface area contributed by atoms with E-state index in [4.69, 9.17) is 0 Å². The maximum Gasteiger partial charge on any atom is 0.000322 e. The molecule has 2 N–H and O–H groups in total. The smallest absolute Gasteiger partial charge is 0.000322 e. The number of hydrogen-bond donors (Lipinski definition) is 2. The Kier molecular flexibility index (Phi) is 7.76. The van der Waals surface area contributed by atoms with Gasteiger partial charge in [0.05, 0.1) is 0 Å². The fraction of sp³-hybridized carbons (Fsp3) is 1.00. The largest absolute Gasteiger partial charge is 0.320 e. The second kappa shape index (κ2) is 7.79. The van der Waals surface area contributed by atoms with Gasteiger partial charge in [0.2, 0.25) is 0 Å². The second-order valence-corrected chi connectivity index (χ2v) is 9.11. The zero-order valence-corrected chi connectivity index (χ0v) is 15.6. The van der Waals surface area contributed by atoms with E-state index in [1.807, 2.05) is 7.05 Å². The molecule has 0 aromatic rings. The van der Waals surface area contributed by atoms with Gasteiger partial charge in [-0.1, -0.05) is 55.4 Å². The lowest BCUT2D eigenvalue weighted by Gasteiger charge is -2.38. The minimum atomic E-state index is 0.354. The van der Waals surface area contributed by atoms with Crippen molar-refractivity contribution in [1.82, 2.24) is 10.6 Å². The van der Waals surface area contributed by atoms with Crippen LogP contribution in [-0.4, -0.2) is 26.7 Å².